The summed E-state index contributed by atoms with van der Waals surface area (Å²) in [5.41, 5.74) is 0.990. The van der Waals surface area contributed by atoms with Crippen molar-refractivity contribution in [3.63, 3.8) is 0 Å². The topological polar surface area (TPSA) is 72.0 Å². The highest BCUT2D eigenvalue weighted by atomic mass is 35.5. The van der Waals surface area contributed by atoms with E-state index in [0.29, 0.717) is 11.3 Å². The van der Waals surface area contributed by atoms with Gasteiger partial charge in [-0.1, -0.05) is 0 Å². The number of anilines is 1. The molecule has 2 rings (SSSR count). The van der Waals surface area contributed by atoms with Gasteiger partial charge in [-0.05, 0) is 31.2 Å². The molecule has 0 atom stereocenters. The molecule has 0 aliphatic heterocycles. The van der Waals surface area contributed by atoms with E-state index in [0.717, 1.165) is 12.8 Å². The van der Waals surface area contributed by atoms with Crippen LogP contribution in [0.15, 0.2) is 43.0 Å². The van der Waals surface area contributed by atoms with E-state index in [9.17, 15) is 13.2 Å². The van der Waals surface area contributed by atoms with Gasteiger partial charge in [0.1, 0.15) is 12.4 Å². The SMILES string of the molecule is CCn1cc[n+](CC(=O)c2ccc(NS(C)(=O)=O)cc2)c1.[Cl-]. The second-order valence-electron chi connectivity index (χ2n) is 4.79. The first kappa shape index (κ1) is 18.2. The number of carbonyl (C=O) groups is 1. The van der Waals surface area contributed by atoms with Gasteiger partial charge in [-0.15, -0.1) is 0 Å². The van der Waals surface area contributed by atoms with E-state index < -0.39 is 10.0 Å². The summed E-state index contributed by atoms with van der Waals surface area (Å²) < 4.78 is 28.4. The molecule has 8 heteroatoms. The third kappa shape index (κ3) is 5.16. The molecule has 0 aliphatic rings. The number of nitrogens with one attached hydrogen (secondary N) is 1. The molecule has 1 aromatic carbocycles. The summed E-state index contributed by atoms with van der Waals surface area (Å²) in [6.45, 7) is 3.14. The molecule has 1 heterocycles. The molecular formula is C14H18ClN3O3S. The van der Waals surface area contributed by atoms with E-state index in [2.05, 4.69) is 4.72 Å². The molecule has 0 spiro atoms. The fourth-order valence-corrected chi connectivity index (χ4v) is 2.48. The van der Waals surface area contributed by atoms with Crippen LogP contribution in [-0.2, 0) is 23.1 Å². The number of benzene rings is 1. The van der Waals surface area contributed by atoms with Gasteiger partial charge >= 0.3 is 0 Å². The van der Waals surface area contributed by atoms with Gasteiger partial charge in [-0.25, -0.2) is 17.6 Å². The van der Waals surface area contributed by atoms with Crippen molar-refractivity contribution < 1.29 is 30.2 Å². The smallest absolute Gasteiger partial charge is 0.244 e. The quantitative estimate of drug-likeness (QED) is 0.490. The highest BCUT2D eigenvalue weighted by Gasteiger charge is 2.11. The second-order valence-corrected chi connectivity index (χ2v) is 6.54. The number of Topliss-reactive ketones (excluding diaryl/α,β-unsaturated/α-hetero) is 1. The molecule has 0 amide bonds. The molecule has 0 radical (unpaired) electrons. The molecule has 22 heavy (non-hydrogen) atoms. The molecule has 6 nitrogen and oxygen atoms in total. The lowest BCUT2D eigenvalue weighted by molar-refractivity contribution is -0.682. The summed E-state index contributed by atoms with van der Waals surface area (Å²) in [6, 6.07) is 6.40. The number of hydrogen-bond donors (Lipinski definition) is 1. The van der Waals surface area contributed by atoms with Gasteiger partial charge in [0.15, 0.2) is 6.54 Å². The number of sulfonamides is 1. The van der Waals surface area contributed by atoms with Crippen molar-refractivity contribution in [1.82, 2.24) is 4.57 Å². The fourth-order valence-electron chi connectivity index (χ4n) is 1.91. The Hall–Kier alpha value is -1.86. The van der Waals surface area contributed by atoms with Gasteiger partial charge in [-0.3, -0.25) is 9.52 Å². The highest BCUT2D eigenvalue weighted by molar-refractivity contribution is 7.92. The first-order chi connectivity index (χ1) is 9.87. The zero-order valence-corrected chi connectivity index (χ0v) is 13.9. The molecule has 0 fully saturated rings. The standard InChI is InChI=1S/C14H17N3O3S.ClH/c1-3-16-8-9-17(11-16)10-14(18)12-4-6-13(7-5-12)15-21(2,19)20;/h4-9,11H,3,10H2,1-2H3;1H. The lowest BCUT2D eigenvalue weighted by Gasteiger charge is -2.04. The van der Waals surface area contributed by atoms with Crippen LogP contribution in [0.4, 0.5) is 5.69 Å². The zero-order chi connectivity index (χ0) is 15.5. The zero-order valence-electron chi connectivity index (χ0n) is 12.4. The average Bonchev–Trinajstić information content (AvgIpc) is 2.85. The second kappa shape index (κ2) is 7.42. The normalized spacial score (nSPS) is 10.8. The maximum Gasteiger partial charge on any atom is 0.244 e. The molecular weight excluding hydrogens is 326 g/mol. The van der Waals surface area contributed by atoms with Gasteiger partial charge in [0.05, 0.1) is 12.8 Å². The number of halogens is 1. The summed E-state index contributed by atoms with van der Waals surface area (Å²) >= 11 is 0. The predicted octanol–water partition coefficient (Wildman–Crippen LogP) is -1.95. The Morgan fingerprint density at radius 3 is 2.41 bits per heavy atom. The maximum atomic E-state index is 12.1. The summed E-state index contributed by atoms with van der Waals surface area (Å²) in [5.74, 6) is -0.0280. The number of rotatable bonds is 6. The van der Waals surface area contributed by atoms with Crippen molar-refractivity contribution in [2.24, 2.45) is 0 Å². The van der Waals surface area contributed by atoms with E-state index in [1.807, 2.05) is 34.8 Å². The van der Waals surface area contributed by atoms with Gasteiger partial charge in [0.25, 0.3) is 0 Å². The van der Waals surface area contributed by atoms with Crippen molar-refractivity contribution >= 4 is 21.5 Å². The number of carbonyl (C=O) groups excluding carboxylic acids is 1. The molecule has 1 aromatic heterocycles. The first-order valence-electron chi connectivity index (χ1n) is 6.53. The van der Waals surface area contributed by atoms with Gasteiger partial charge in [0, 0.05) is 11.3 Å². The van der Waals surface area contributed by atoms with Gasteiger partial charge < -0.3 is 12.4 Å². The van der Waals surface area contributed by atoms with Crippen LogP contribution in [0.1, 0.15) is 17.3 Å². The van der Waals surface area contributed by atoms with Crippen LogP contribution in [0, 0.1) is 0 Å². The van der Waals surface area contributed by atoms with E-state index in [-0.39, 0.29) is 24.7 Å². The minimum absolute atomic E-state index is 0. The number of aromatic nitrogens is 2. The summed E-state index contributed by atoms with van der Waals surface area (Å²) in [7, 11) is -3.30. The largest absolute Gasteiger partial charge is 1.00 e. The number of imidazole rings is 1. The van der Waals surface area contributed by atoms with Crippen molar-refractivity contribution in [2.45, 2.75) is 20.0 Å². The third-order valence-corrected chi connectivity index (χ3v) is 3.55. The maximum absolute atomic E-state index is 12.1. The number of aryl methyl sites for hydroxylation is 1. The van der Waals surface area contributed by atoms with Crippen molar-refractivity contribution in [2.75, 3.05) is 11.0 Å². The minimum Gasteiger partial charge on any atom is -1.00 e. The Kier molecular flexibility index (Phi) is 6.13. The summed E-state index contributed by atoms with van der Waals surface area (Å²) in [4.78, 5) is 12.1. The Balaban J connectivity index is 0.00000242. The molecule has 0 unspecified atom stereocenters. The molecule has 1 N–H and O–H groups in total. The molecule has 0 aliphatic carbocycles. The molecule has 0 saturated heterocycles. The number of hydrogen-bond acceptors (Lipinski definition) is 3. The predicted molar refractivity (Wildman–Crippen MR) is 79.5 cm³/mol. The monoisotopic (exact) mass is 343 g/mol. The van der Waals surface area contributed by atoms with Crippen LogP contribution < -0.4 is 21.7 Å². The molecule has 120 valence electrons. The summed E-state index contributed by atoms with van der Waals surface area (Å²) in [6.07, 6.45) is 6.71. The van der Waals surface area contributed by atoms with Crippen molar-refractivity contribution in [3.8, 4) is 0 Å². The third-order valence-electron chi connectivity index (χ3n) is 2.95. The molecule has 0 saturated carbocycles. The summed E-state index contributed by atoms with van der Waals surface area (Å²) in [5, 5.41) is 0. The Morgan fingerprint density at radius 2 is 1.91 bits per heavy atom. The van der Waals surface area contributed by atoms with E-state index >= 15 is 0 Å². The molecule has 2 aromatic rings. The molecule has 0 bridgehead atoms. The Bertz CT molecular complexity index is 739. The van der Waals surface area contributed by atoms with Crippen molar-refractivity contribution in [3.05, 3.63) is 48.5 Å². The van der Waals surface area contributed by atoms with Crippen LogP contribution in [0.2, 0.25) is 0 Å². The number of nitrogens with zero attached hydrogens (tertiary/aromatic N) is 2. The minimum atomic E-state index is -3.30. The lowest BCUT2D eigenvalue weighted by atomic mass is 10.1. The van der Waals surface area contributed by atoms with Crippen LogP contribution >= 0.6 is 0 Å². The van der Waals surface area contributed by atoms with Gasteiger partial charge in [0.2, 0.25) is 22.1 Å². The van der Waals surface area contributed by atoms with Crippen LogP contribution in [0.5, 0.6) is 0 Å². The Labute approximate surface area is 136 Å². The van der Waals surface area contributed by atoms with Gasteiger partial charge in [-0.2, -0.15) is 0 Å². The van der Waals surface area contributed by atoms with E-state index in [1.165, 1.54) is 0 Å². The van der Waals surface area contributed by atoms with Crippen LogP contribution in [-0.4, -0.2) is 25.0 Å². The average molecular weight is 344 g/mol. The van der Waals surface area contributed by atoms with Crippen LogP contribution in [0.3, 0.4) is 0 Å². The van der Waals surface area contributed by atoms with E-state index in [4.69, 9.17) is 0 Å². The van der Waals surface area contributed by atoms with Crippen LogP contribution in [0.25, 0.3) is 0 Å². The fraction of sp³-hybridized carbons (Fsp3) is 0.286. The highest BCUT2D eigenvalue weighted by Crippen LogP contribution is 2.11. The number of ketones is 1. The van der Waals surface area contributed by atoms with E-state index in [1.54, 1.807) is 24.3 Å². The Morgan fingerprint density at radius 1 is 1.27 bits per heavy atom. The van der Waals surface area contributed by atoms with Crippen molar-refractivity contribution in [1.29, 1.82) is 0 Å². The first-order valence-corrected chi connectivity index (χ1v) is 8.42. The lowest BCUT2D eigenvalue weighted by Crippen LogP contribution is -3.00.